The molecular formula is C14H14N2O2S. The van der Waals surface area contributed by atoms with Gasteiger partial charge in [0.05, 0.1) is 18.4 Å². The molecule has 19 heavy (non-hydrogen) atoms. The molecule has 98 valence electrons. The van der Waals surface area contributed by atoms with Crippen LogP contribution in [0.3, 0.4) is 0 Å². The van der Waals surface area contributed by atoms with E-state index in [4.69, 9.17) is 11.2 Å². The molecule has 0 aliphatic heterocycles. The van der Waals surface area contributed by atoms with Crippen LogP contribution >= 0.6 is 11.3 Å². The first-order valence-electron chi connectivity index (χ1n) is 5.88. The number of rotatable bonds is 3. The zero-order valence-corrected chi connectivity index (χ0v) is 11.7. The van der Waals surface area contributed by atoms with Crippen LogP contribution in [0.5, 0.6) is 5.75 Å². The average molecular weight is 274 g/mol. The summed E-state index contributed by atoms with van der Waals surface area (Å²) in [5.41, 5.74) is 0.885. The van der Waals surface area contributed by atoms with Crippen molar-refractivity contribution in [2.45, 2.75) is 19.9 Å². The predicted molar refractivity (Wildman–Crippen MR) is 76.1 cm³/mol. The normalized spacial score (nSPS) is 11.5. The second kappa shape index (κ2) is 5.72. The highest BCUT2D eigenvalue weighted by molar-refractivity contribution is 7.16. The SMILES string of the molecule is C#CCn1c(=NC(=O)CC)sc2cccc(OC)c21. The van der Waals surface area contributed by atoms with E-state index in [1.165, 1.54) is 11.3 Å². The summed E-state index contributed by atoms with van der Waals surface area (Å²) in [5.74, 6) is 3.16. The molecule has 0 N–H and O–H groups in total. The number of fused-ring (bicyclic) bond motifs is 1. The van der Waals surface area contributed by atoms with Crippen LogP contribution in [0.2, 0.25) is 0 Å². The van der Waals surface area contributed by atoms with Gasteiger partial charge >= 0.3 is 0 Å². The Labute approximate surface area is 115 Å². The number of ether oxygens (including phenoxy) is 1. The summed E-state index contributed by atoms with van der Waals surface area (Å²) < 4.78 is 8.19. The summed E-state index contributed by atoms with van der Waals surface area (Å²) in [5, 5.41) is 0. The van der Waals surface area contributed by atoms with Crippen LogP contribution in [0.4, 0.5) is 0 Å². The number of carbonyl (C=O) groups is 1. The second-order valence-electron chi connectivity index (χ2n) is 3.84. The van der Waals surface area contributed by atoms with Crippen molar-refractivity contribution < 1.29 is 9.53 Å². The zero-order valence-electron chi connectivity index (χ0n) is 10.8. The van der Waals surface area contributed by atoms with Crippen molar-refractivity contribution in [2.24, 2.45) is 4.99 Å². The van der Waals surface area contributed by atoms with E-state index in [0.717, 1.165) is 16.0 Å². The van der Waals surface area contributed by atoms with Gasteiger partial charge in [0.1, 0.15) is 11.3 Å². The van der Waals surface area contributed by atoms with Crippen molar-refractivity contribution in [3.8, 4) is 18.1 Å². The van der Waals surface area contributed by atoms with Crippen LogP contribution in [0.1, 0.15) is 13.3 Å². The number of hydrogen-bond donors (Lipinski definition) is 0. The highest BCUT2D eigenvalue weighted by Crippen LogP contribution is 2.27. The van der Waals surface area contributed by atoms with E-state index in [1.54, 1.807) is 14.0 Å². The molecule has 0 aliphatic carbocycles. The first-order chi connectivity index (χ1) is 9.21. The van der Waals surface area contributed by atoms with E-state index < -0.39 is 0 Å². The maximum atomic E-state index is 11.5. The molecule has 0 bridgehead atoms. The Morgan fingerprint density at radius 3 is 3.00 bits per heavy atom. The summed E-state index contributed by atoms with van der Waals surface area (Å²) in [6.45, 7) is 2.14. The molecule has 2 aromatic rings. The minimum Gasteiger partial charge on any atom is -0.495 e. The standard InChI is InChI=1S/C14H14N2O2S/c1-4-9-16-13-10(18-3)7-6-8-11(13)19-14(16)15-12(17)5-2/h1,6-8H,5,9H2,2-3H3. The Balaban J connectivity index is 2.79. The first kappa shape index (κ1) is 13.4. The van der Waals surface area contributed by atoms with Crippen LogP contribution in [-0.4, -0.2) is 17.6 Å². The van der Waals surface area contributed by atoms with E-state index in [1.807, 2.05) is 22.8 Å². The maximum absolute atomic E-state index is 11.5. The molecule has 0 radical (unpaired) electrons. The van der Waals surface area contributed by atoms with Gasteiger partial charge in [-0.25, -0.2) is 0 Å². The molecule has 1 amide bonds. The van der Waals surface area contributed by atoms with Gasteiger partial charge in [-0.05, 0) is 12.1 Å². The highest BCUT2D eigenvalue weighted by atomic mass is 32.1. The quantitative estimate of drug-likeness (QED) is 0.805. The lowest BCUT2D eigenvalue weighted by Gasteiger charge is -2.05. The van der Waals surface area contributed by atoms with Crippen molar-refractivity contribution in [3.05, 3.63) is 23.0 Å². The molecule has 1 aromatic heterocycles. The Morgan fingerprint density at radius 1 is 1.58 bits per heavy atom. The molecule has 0 unspecified atom stereocenters. The fourth-order valence-corrected chi connectivity index (χ4v) is 2.84. The number of para-hydroxylation sites is 1. The van der Waals surface area contributed by atoms with Gasteiger partial charge in [0.2, 0.25) is 5.91 Å². The van der Waals surface area contributed by atoms with Crippen LogP contribution in [0.25, 0.3) is 10.2 Å². The summed E-state index contributed by atoms with van der Waals surface area (Å²) >= 11 is 1.44. The summed E-state index contributed by atoms with van der Waals surface area (Å²) in [7, 11) is 1.61. The van der Waals surface area contributed by atoms with Crippen LogP contribution in [0, 0.1) is 12.3 Å². The predicted octanol–water partition coefficient (Wildman–Crippen LogP) is 2.18. The summed E-state index contributed by atoms with van der Waals surface area (Å²) in [6, 6.07) is 5.74. The molecule has 0 saturated heterocycles. The third-order valence-electron chi connectivity index (χ3n) is 2.66. The van der Waals surface area contributed by atoms with E-state index in [9.17, 15) is 4.79 Å². The topological polar surface area (TPSA) is 43.6 Å². The Morgan fingerprint density at radius 2 is 2.37 bits per heavy atom. The average Bonchev–Trinajstić information content (AvgIpc) is 2.77. The van der Waals surface area contributed by atoms with Crippen LogP contribution < -0.4 is 9.54 Å². The maximum Gasteiger partial charge on any atom is 0.248 e. The Bertz CT molecular complexity index is 719. The fourth-order valence-electron chi connectivity index (χ4n) is 1.77. The molecule has 0 spiro atoms. The number of thiazole rings is 1. The van der Waals surface area contributed by atoms with Crippen molar-refractivity contribution in [3.63, 3.8) is 0 Å². The number of carbonyl (C=O) groups excluding carboxylic acids is 1. The van der Waals surface area contributed by atoms with Crippen molar-refractivity contribution >= 4 is 27.5 Å². The Hall–Kier alpha value is -2.06. The number of methoxy groups -OCH3 is 1. The number of benzene rings is 1. The molecule has 0 saturated carbocycles. The van der Waals surface area contributed by atoms with Crippen molar-refractivity contribution in [1.29, 1.82) is 0 Å². The van der Waals surface area contributed by atoms with Gasteiger partial charge in [-0.3, -0.25) is 4.79 Å². The minimum absolute atomic E-state index is 0.156. The lowest BCUT2D eigenvalue weighted by molar-refractivity contribution is -0.117. The Kier molecular flexibility index (Phi) is 4.03. The molecule has 0 atom stereocenters. The van der Waals surface area contributed by atoms with Crippen molar-refractivity contribution in [1.82, 2.24) is 4.57 Å². The molecule has 4 nitrogen and oxygen atoms in total. The monoisotopic (exact) mass is 274 g/mol. The van der Waals surface area contributed by atoms with E-state index in [-0.39, 0.29) is 5.91 Å². The molecule has 1 aromatic carbocycles. The summed E-state index contributed by atoms with van der Waals surface area (Å²) in [4.78, 5) is 16.2. The second-order valence-corrected chi connectivity index (χ2v) is 4.85. The molecule has 0 fully saturated rings. The van der Waals surface area contributed by atoms with Crippen LogP contribution in [-0.2, 0) is 11.3 Å². The molecule has 2 rings (SSSR count). The number of nitrogens with zero attached hydrogens (tertiary/aromatic N) is 2. The molecule has 1 heterocycles. The van der Waals surface area contributed by atoms with E-state index in [0.29, 0.717) is 17.8 Å². The lowest BCUT2D eigenvalue weighted by Crippen LogP contribution is -2.16. The molecule has 5 heteroatoms. The van der Waals surface area contributed by atoms with E-state index >= 15 is 0 Å². The fraction of sp³-hybridized carbons (Fsp3) is 0.286. The van der Waals surface area contributed by atoms with Gasteiger partial charge < -0.3 is 9.30 Å². The largest absolute Gasteiger partial charge is 0.495 e. The van der Waals surface area contributed by atoms with Crippen molar-refractivity contribution in [2.75, 3.05) is 7.11 Å². The van der Waals surface area contributed by atoms with Gasteiger partial charge in [0, 0.05) is 6.42 Å². The van der Waals surface area contributed by atoms with Gasteiger partial charge in [-0.1, -0.05) is 30.2 Å². The third-order valence-corrected chi connectivity index (χ3v) is 3.70. The number of amides is 1. The van der Waals surface area contributed by atoms with Crippen LogP contribution in [0.15, 0.2) is 23.2 Å². The first-order valence-corrected chi connectivity index (χ1v) is 6.70. The van der Waals surface area contributed by atoms with Gasteiger partial charge in [-0.2, -0.15) is 4.99 Å². The minimum atomic E-state index is -0.156. The third kappa shape index (κ3) is 2.54. The van der Waals surface area contributed by atoms with Gasteiger partial charge in [-0.15, -0.1) is 6.42 Å². The van der Waals surface area contributed by atoms with E-state index in [2.05, 4.69) is 10.9 Å². The smallest absolute Gasteiger partial charge is 0.248 e. The van der Waals surface area contributed by atoms with Gasteiger partial charge in [0.25, 0.3) is 0 Å². The molecule has 0 aliphatic rings. The van der Waals surface area contributed by atoms with Gasteiger partial charge in [0.15, 0.2) is 4.80 Å². The lowest BCUT2D eigenvalue weighted by atomic mass is 10.3. The zero-order chi connectivity index (χ0) is 13.8. The number of terminal acetylenes is 1. The summed E-state index contributed by atoms with van der Waals surface area (Å²) in [6.07, 6.45) is 5.78. The number of aromatic nitrogens is 1. The number of hydrogen-bond acceptors (Lipinski definition) is 3. The molecular weight excluding hydrogens is 260 g/mol. The highest BCUT2D eigenvalue weighted by Gasteiger charge is 2.11.